The van der Waals surface area contributed by atoms with E-state index in [0.717, 1.165) is 50.5 Å². The first-order valence-corrected chi connectivity index (χ1v) is 12.7. The average Bonchev–Trinajstić information content (AvgIpc) is 2.86. The van der Waals surface area contributed by atoms with Gasteiger partial charge in [-0.1, -0.05) is 87.4 Å². The second-order valence-electron chi connectivity index (χ2n) is 9.43. The van der Waals surface area contributed by atoms with Crippen LogP contribution >= 0.6 is 0 Å². The standard InChI is InChI=1S/C31H36O2/c1-3-5-23-7-11-25(12-8-23)27-15-17-29(18-16-27)31(32)33-30-21-19-28(20-22-30)26-13-9-24(6-4-2)10-14-26/h7-14,19-22,27,29H,3-6,15-18H2,1-2H3. The zero-order chi connectivity index (χ0) is 23.0. The molecule has 1 saturated carbocycles. The highest BCUT2D eigenvalue weighted by atomic mass is 16.5. The van der Waals surface area contributed by atoms with Crippen LogP contribution in [0.2, 0.25) is 0 Å². The summed E-state index contributed by atoms with van der Waals surface area (Å²) >= 11 is 0. The van der Waals surface area contributed by atoms with E-state index in [1.165, 1.54) is 28.7 Å². The minimum atomic E-state index is -0.0802. The molecular formula is C31H36O2. The Kier molecular flexibility index (Phi) is 7.99. The Morgan fingerprint density at radius 1 is 0.697 bits per heavy atom. The Hall–Kier alpha value is -2.87. The van der Waals surface area contributed by atoms with Crippen molar-refractivity contribution in [3.63, 3.8) is 0 Å². The van der Waals surface area contributed by atoms with Gasteiger partial charge in [-0.05, 0) is 84.4 Å². The molecule has 0 N–H and O–H groups in total. The zero-order valence-corrected chi connectivity index (χ0v) is 20.1. The van der Waals surface area contributed by atoms with Crippen LogP contribution < -0.4 is 4.74 Å². The largest absolute Gasteiger partial charge is 0.426 e. The van der Waals surface area contributed by atoms with Crippen molar-refractivity contribution in [3.05, 3.63) is 89.5 Å². The number of aryl methyl sites for hydroxylation is 2. The predicted molar refractivity (Wildman–Crippen MR) is 137 cm³/mol. The van der Waals surface area contributed by atoms with E-state index in [1.54, 1.807) is 0 Å². The van der Waals surface area contributed by atoms with Gasteiger partial charge in [0.05, 0.1) is 5.92 Å². The Morgan fingerprint density at radius 2 is 1.18 bits per heavy atom. The molecule has 0 spiro atoms. The fraction of sp³-hybridized carbons (Fsp3) is 0.387. The Labute approximate surface area is 199 Å². The van der Waals surface area contributed by atoms with E-state index in [2.05, 4.69) is 62.4 Å². The summed E-state index contributed by atoms with van der Waals surface area (Å²) in [6.45, 7) is 4.42. The normalized spacial score (nSPS) is 18.1. The topological polar surface area (TPSA) is 26.3 Å². The van der Waals surface area contributed by atoms with Gasteiger partial charge in [-0.3, -0.25) is 4.79 Å². The molecule has 2 nitrogen and oxygen atoms in total. The Balaban J connectivity index is 1.29. The van der Waals surface area contributed by atoms with Crippen LogP contribution in [0.1, 0.15) is 75.0 Å². The van der Waals surface area contributed by atoms with Crippen molar-refractivity contribution >= 4 is 5.97 Å². The number of hydrogen-bond acceptors (Lipinski definition) is 2. The molecule has 3 aromatic rings. The first kappa shape index (κ1) is 23.3. The number of hydrogen-bond donors (Lipinski definition) is 0. The van der Waals surface area contributed by atoms with Crippen LogP contribution in [0, 0.1) is 5.92 Å². The maximum Gasteiger partial charge on any atom is 0.314 e. The molecule has 1 aliphatic carbocycles. The van der Waals surface area contributed by atoms with Crippen molar-refractivity contribution in [2.45, 2.75) is 71.1 Å². The number of carbonyl (C=O) groups excluding carboxylic acids is 1. The number of benzene rings is 3. The van der Waals surface area contributed by atoms with E-state index < -0.39 is 0 Å². The van der Waals surface area contributed by atoms with Crippen molar-refractivity contribution in [2.75, 3.05) is 0 Å². The maximum atomic E-state index is 12.8. The Morgan fingerprint density at radius 3 is 1.70 bits per heavy atom. The molecule has 0 bridgehead atoms. The van der Waals surface area contributed by atoms with Crippen LogP contribution in [-0.4, -0.2) is 5.97 Å². The van der Waals surface area contributed by atoms with Gasteiger partial charge in [0, 0.05) is 0 Å². The molecule has 0 aromatic heterocycles. The molecule has 0 atom stereocenters. The smallest absolute Gasteiger partial charge is 0.314 e. The summed E-state index contributed by atoms with van der Waals surface area (Å²) in [6.07, 6.45) is 8.52. The number of carbonyl (C=O) groups is 1. The van der Waals surface area contributed by atoms with Crippen molar-refractivity contribution in [2.24, 2.45) is 5.92 Å². The van der Waals surface area contributed by atoms with E-state index in [0.29, 0.717) is 11.7 Å². The van der Waals surface area contributed by atoms with Crippen molar-refractivity contribution in [3.8, 4) is 16.9 Å². The lowest BCUT2D eigenvalue weighted by atomic mass is 9.78. The average molecular weight is 441 g/mol. The van der Waals surface area contributed by atoms with Gasteiger partial charge in [-0.25, -0.2) is 0 Å². The first-order chi connectivity index (χ1) is 16.2. The molecule has 1 fully saturated rings. The summed E-state index contributed by atoms with van der Waals surface area (Å²) in [4.78, 5) is 12.8. The third-order valence-electron chi connectivity index (χ3n) is 6.95. The number of ether oxygens (including phenoxy) is 1. The molecule has 0 saturated heterocycles. The third-order valence-corrected chi connectivity index (χ3v) is 6.95. The van der Waals surface area contributed by atoms with Gasteiger partial charge in [0.25, 0.3) is 0 Å². The van der Waals surface area contributed by atoms with E-state index in [-0.39, 0.29) is 11.9 Å². The van der Waals surface area contributed by atoms with Gasteiger partial charge in [0.1, 0.15) is 5.75 Å². The van der Waals surface area contributed by atoms with Crippen LogP contribution in [0.15, 0.2) is 72.8 Å². The molecule has 0 amide bonds. The van der Waals surface area contributed by atoms with Gasteiger partial charge in [0.2, 0.25) is 0 Å². The molecule has 0 heterocycles. The summed E-state index contributed by atoms with van der Waals surface area (Å²) in [7, 11) is 0. The fourth-order valence-electron chi connectivity index (χ4n) is 4.98. The Bertz CT molecular complexity index is 1010. The highest BCUT2D eigenvalue weighted by molar-refractivity contribution is 5.75. The van der Waals surface area contributed by atoms with Crippen LogP contribution in [0.25, 0.3) is 11.1 Å². The molecule has 2 heteroatoms. The lowest BCUT2D eigenvalue weighted by Gasteiger charge is -2.27. The summed E-state index contributed by atoms with van der Waals surface area (Å²) in [5.41, 5.74) is 6.53. The molecule has 0 unspecified atom stereocenters. The van der Waals surface area contributed by atoms with Crippen LogP contribution in [0.3, 0.4) is 0 Å². The van der Waals surface area contributed by atoms with Gasteiger partial charge in [-0.15, -0.1) is 0 Å². The zero-order valence-electron chi connectivity index (χ0n) is 20.1. The molecule has 172 valence electrons. The van der Waals surface area contributed by atoms with E-state index >= 15 is 0 Å². The lowest BCUT2D eigenvalue weighted by Crippen LogP contribution is -2.25. The number of esters is 1. The van der Waals surface area contributed by atoms with Gasteiger partial charge >= 0.3 is 5.97 Å². The summed E-state index contributed by atoms with van der Waals surface area (Å²) < 4.78 is 5.74. The molecule has 0 radical (unpaired) electrons. The van der Waals surface area contributed by atoms with E-state index in [4.69, 9.17) is 4.74 Å². The van der Waals surface area contributed by atoms with Gasteiger partial charge < -0.3 is 4.74 Å². The van der Waals surface area contributed by atoms with Crippen LogP contribution in [0.5, 0.6) is 5.75 Å². The second-order valence-corrected chi connectivity index (χ2v) is 9.43. The quantitative estimate of drug-likeness (QED) is 0.261. The minimum Gasteiger partial charge on any atom is -0.426 e. The van der Waals surface area contributed by atoms with Gasteiger partial charge in [0.15, 0.2) is 0 Å². The highest BCUT2D eigenvalue weighted by Gasteiger charge is 2.28. The number of rotatable bonds is 8. The van der Waals surface area contributed by atoms with Crippen molar-refractivity contribution in [1.82, 2.24) is 0 Å². The second kappa shape index (κ2) is 11.3. The first-order valence-electron chi connectivity index (χ1n) is 12.7. The van der Waals surface area contributed by atoms with Crippen LogP contribution in [-0.2, 0) is 17.6 Å². The SMILES string of the molecule is CCCc1ccc(-c2ccc(OC(=O)C3CCC(c4ccc(CCC)cc4)CC3)cc2)cc1. The molecule has 33 heavy (non-hydrogen) atoms. The van der Waals surface area contributed by atoms with E-state index in [1.807, 2.05) is 24.3 Å². The van der Waals surface area contributed by atoms with Crippen LogP contribution in [0.4, 0.5) is 0 Å². The molecule has 4 rings (SSSR count). The molecular weight excluding hydrogens is 404 g/mol. The van der Waals surface area contributed by atoms with Crippen molar-refractivity contribution in [1.29, 1.82) is 0 Å². The molecule has 1 aliphatic rings. The monoisotopic (exact) mass is 440 g/mol. The fourth-order valence-corrected chi connectivity index (χ4v) is 4.98. The third kappa shape index (κ3) is 6.13. The summed E-state index contributed by atoms with van der Waals surface area (Å²) in [6, 6.07) is 25.7. The molecule has 3 aromatic carbocycles. The van der Waals surface area contributed by atoms with Gasteiger partial charge in [-0.2, -0.15) is 0 Å². The maximum absolute atomic E-state index is 12.8. The lowest BCUT2D eigenvalue weighted by molar-refractivity contribution is -0.140. The van der Waals surface area contributed by atoms with Crippen molar-refractivity contribution < 1.29 is 9.53 Å². The summed E-state index contributed by atoms with van der Waals surface area (Å²) in [5, 5.41) is 0. The van der Waals surface area contributed by atoms with E-state index in [9.17, 15) is 4.79 Å². The molecule has 0 aliphatic heterocycles. The summed E-state index contributed by atoms with van der Waals surface area (Å²) in [5.74, 6) is 1.13. The minimum absolute atomic E-state index is 0.00593. The predicted octanol–water partition coefficient (Wildman–Crippen LogP) is 8.14. The highest BCUT2D eigenvalue weighted by Crippen LogP contribution is 2.36.